The van der Waals surface area contributed by atoms with Crippen molar-refractivity contribution in [2.24, 2.45) is 0 Å². The van der Waals surface area contributed by atoms with Crippen molar-refractivity contribution in [1.82, 2.24) is 0 Å². The van der Waals surface area contributed by atoms with Gasteiger partial charge in [-0.3, -0.25) is 0 Å². The zero-order valence-electron chi connectivity index (χ0n) is 18.6. The standard InChI is InChI=1S/C29H27O4P/c30-28(22-13-5-1-6-14-22)26-21-27(29(31,33-26)23-15-7-2-8-16-23)34(32,24-17-9-3-10-18-24)25-19-11-4-12-20-25/h1-20,26-28,30-31H,21H2/t26-,27?,28+,29?/m0/s1. The van der Waals surface area contributed by atoms with Crippen molar-refractivity contribution in [3.05, 3.63) is 132 Å². The number of rotatable bonds is 6. The molecule has 172 valence electrons. The van der Waals surface area contributed by atoms with Gasteiger partial charge in [0.2, 0.25) is 5.79 Å². The maximum Gasteiger partial charge on any atom is 0.203 e. The number of hydrogen-bond donors (Lipinski definition) is 2. The lowest BCUT2D eigenvalue weighted by Crippen LogP contribution is -2.41. The average molecular weight is 471 g/mol. The quantitative estimate of drug-likeness (QED) is 0.400. The van der Waals surface area contributed by atoms with Crippen molar-refractivity contribution < 1.29 is 19.5 Å². The topological polar surface area (TPSA) is 66.8 Å². The highest BCUT2D eigenvalue weighted by atomic mass is 31.2. The lowest BCUT2D eigenvalue weighted by molar-refractivity contribution is -0.214. The fourth-order valence-corrected chi connectivity index (χ4v) is 8.39. The second-order valence-corrected chi connectivity index (χ2v) is 11.6. The van der Waals surface area contributed by atoms with Crippen molar-refractivity contribution >= 4 is 17.8 Å². The molecular formula is C29H27O4P. The molecule has 0 amide bonds. The van der Waals surface area contributed by atoms with E-state index in [1.165, 1.54) is 0 Å². The average Bonchev–Trinajstić information content (AvgIpc) is 3.29. The Balaban J connectivity index is 1.67. The summed E-state index contributed by atoms with van der Waals surface area (Å²) < 4.78 is 21.5. The molecule has 0 bridgehead atoms. The van der Waals surface area contributed by atoms with Gasteiger partial charge >= 0.3 is 0 Å². The van der Waals surface area contributed by atoms with Gasteiger partial charge in [-0.2, -0.15) is 0 Å². The second kappa shape index (κ2) is 9.32. The van der Waals surface area contributed by atoms with Crippen LogP contribution in [0.5, 0.6) is 0 Å². The van der Waals surface area contributed by atoms with Crippen molar-refractivity contribution in [3.63, 3.8) is 0 Å². The number of aliphatic hydroxyl groups is 2. The van der Waals surface area contributed by atoms with Crippen LogP contribution in [-0.2, 0) is 15.1 Å². The van der Waals surface area contributed by atoms with Crippen LogP contribution in [0.25, 0.3) is 0 Å². The molecule has 1 saturated heterocycles. The van der Waals surface area contributed by atoms with Crippen molar-refractivity contribution in [2.45, 2.75) is 30.1 Å². The van der Waals surface area contributed by atoms with E-state index in [4.69, 9.17) is 4.74 Å². The molecule has 1 aliphatic rings. The van der Waals surface area contributed by atoms with Gasteiger partial charge in [0, 0.05) is 16.2 Å². The summed E-state index contributed by atoms with van der Waals surface area (Å²) in [7, 11) is -3.41. The maximum absolute atomic E-state index is 15.2. The highest BCUT2D eigenvalue weighted by Gasteiger charge is 2.58. The zero-order valence-corrected chi connectivity index (χ0v) is 19.5. The van der Waals surface area contributed by atoms with Gasteiger partial charge in [0.1, 0.15) is 6.10 Å². The largest absolute Gasteiger partial charge is 0.386 e. The highest BCUT2D eigenvalue weighted by Crippen LogP contribution is 2.61. The molecule has 4 aromatic rings. The van der Waals surface area contributed by atoms with Gasteiger partial charge in [-0.05, 0) is 12.0 Å². The van der Waals surface area contributed by atoms with Crippen LogP contribution in [0.3, 0.4) is 0 Å². The van der Waals surface area contributed by atoms with E-state index in [0.29, 0.717) is 21.7 Å². The minimum atomic E-state index is -3.41. The first-order valence-electron chi connectivity index (χ1n) is 11.4. The van der Waals surface area contributed by atoms with E-state index in [-0.39, 0.29) is 6.42 Å². The van der Waals surface area contributed by atoms with Crippen LogP contribution in [0.4, 0.5) is 0 Å². The minimum absolute atomic E-state index is 0.225. The Morgan fingerprint density at radius 1 is 0.735 bits per heavy atom. The molecule has 0 spiro atoms. The third-order valence-corrected chi connectivity index (χ3v) is 10.2. The Labute approximate surface area is 199 Å². The molecule has 4 atom stereocenters. The Kier molecular flexibility index (Phi) is 6.24. The second-order valence-electron chi connectivity index (χ2n) is 8.65. The molecular weight excluding hydrogens is 443 g/mol. The fourth-order valence-electron chi connectivity index (χ4n) is 4.94. The molecule has 2 unspecified atom stereocenters. The van der Waals surface area contributed by atoms with E-state index < -0.39 is 30.8 Å². The molecule has 5 heteroatoms. The van der Waals surface area contributed by atoms with Gasteiger partial charge in [0.25, 0.3) is 0 Å². The van der Waals surface area contributed by atoms with E-state index in [2.05, 4.69) is 0 Å². The molecule has 5 rings (SSSR count). The van der Waals surface area contributed by atoms with Crippen LogP contribution in [0.1, 0.15) is 23.7 Å². The molecule has 0 aromatic heterocycles. The SMILES string of the molecule is O=P(c1ccccc1)(c1ccccc1)C1C[C@@H]([C@H](O)c2ccccc2)OC1(O)c1ccccc1. The van der Waals surface area contributed by atoms with E-state index >= 15 is 4.57 Å². The van der Waals surface area contributed by atoms with Crippen LogP contribution < -0.4 is 10.6 Å². The molecule has 1 heterocycles. The number of ether oxygens (including phenoxy) is 1. The molecule has 4 nitrogen and oxygen atoms in total. The van der Waals surface area contributed by atoms with Gasteiger partial charge < -0.3 is 19.5 Å². The summed E-state index contributed by atoms with van der Waals surface area (Å²) in [6.07, 6.45) is -1.48. The molecule has 0 aliphatic carbocycles. The van der Waals surface area contributed by atoms with Crippen molar-refractivity contribution in [3.8, 4) is 0 Å². The van der Waals surface area contributed by atoms with E-state index in [1.807, 2.05) is 109 Å². The number of benzene rings is 4. The maximum atomic E-state index is 15.2. The van der Waals surface area contributed by atoms with Gasteiger partial charge in [0.05, 0.1) is 11.8 Å². The van der Waals surface area contributed by atoms with Crippen LogP contribution in [0.2, 0.25) is 0 Å². The first-order valence-corrected chi connectivity index (χ1v) is 13.2. The van der Waals surface area contributed by atoms with Crippen LogP contribution >= 0.6 is 7.14 Å². The Bertz CT molecular complexity index is 1220. The monoisotopic (exact) mass is 470 g/mol. The molecule has 1 fully saturated rings. The third-order valence-electron chi connectivity index (χ3n) is 6.64. The first kappa shape index (κ1) is 22.8. The van der Waals surface area contributed by atoms with Gasteiger partial charge in [-0.15, -0.1) is 0 Å². The molecule has 2 N–H and O–H groups in total. The third kappa shape index (κ3) is 3.93. The highest BCUT2D eigenvalue weighted by molar-refractivity contribution is 7.79. The molecule has 0 saturated carbocycles. The molecule has 4 aromatic carbocycles. The normalized spacial score (nSPS) is 23.5. The number of aliphatic hydroxyl groups excluding tert-OH is 1. The molecule has 0 radical (unpaired) electrons. The lowest BCUT2D eigenvalue weighted by atomic mass is 9.99. The minimum Gasteiger partial charge on any atom is -0.386 e. The van der Waals surface area contributed by atoms with E-state index in [9.17, 15) is 10.2 Å². The van der Waals surface area contributed by atoms with Crippen LogP contribution in [0, 0.1) is 0 Å². The van der Waals surface area contributed by atoms with Gasteiger partial charge in [-0.1, -0.05) is 121 Å². The lowest BCUT2D eigenvalue weighted by Gasteiger charge is -2.35. The van der Waals surface area contributed by atoms with Gasteiger partial charge in [0.15, 0.2) is 7.14 Å². The summed E-state index contributed by atoms with van der Waals surface area (Å²) in [4.78, 5) is 0. The molecule has 34 heavy (non-hydrogen) atoms. The van der Waals surface area contributed by atoms with E-state index in [0.717, 1.165) is 0 Å². The van der Waals surface area contributed by atoms with E-state index in [1.54, 1.807) is 12.1 Å². The first-order chi connectivity index (χ1) is 16.5. The van der Waals surface area contributed by atoms with Crippen LogP contribution in [-0.4, -0.2) is 22.0 Å². The summed E-state index contributed by atoms with van der Waals surface area (Å²) in [5.74, 6) is -1.84. The summed E-state index contributed by atoms with van der Waals surface area (Å²) in [6, 6.07) is 36.9. The van der Waals surface area contributed by atoms with Gasteiger partial charge in [-0.25, -0.2) is 0 Å². The Morgan fingerprint density at radius 2 is 1.18 bits per heavy atom. The summed E-state index contributed by atoms with van der Waals surface area (Å²) >= 11 is 0. The fraction of sp³-hybridized carbons (Fsp3) is 0.172. The zero-order chi connectivity index (χ0) is 23.6. The summed E-state index contributed by atoms with van der Waals surface area (Å²) in [6.45, 7) is 0. The van der Waals surface area contributed by atoms with Crippen LogP contribution in [0.15, 0.2) is 121 Å². The van der Waals surface area contributed by atoms with Crippen molar-refractivity contribution in [2.75, 3.05) is 0 Å². The summed E-state index contributed by atoms with van der Waals surface area (Å²) in [5.41, 5.74) is 0.420. The summed E-state index contributed by atoms with van der Waals surface area (Å²) in [5, 5.41) is 24.6. The smallest absolute Gasteiger partial charge is 0.203 e. The Hall–Kier alpha value is -3.01. The van der Waals surface area contributed by atoms with Crippen molar-refractivity contribution in [1.29, 1.82) is 0 Å². The predicted molar refractivity (Wildman–Crippen MR) is 135 cm³/mol. The Morgan fingerprint density at radius 3 is 1.68 bits per heavy atom. The predicted octanol–water partition coefficient (Wildman–Crippen LogP) is 4.74. The molecule has 1 aliphatic heterocycles. The number of hydrogen-bond acceptors (Lipinski definition) is 4.